The fraction of sp³-hybridized carbons (Fsp3) is 0. The van der Waals surface area contributed by atoms with Crippen LogP contribution in [0.15, 0.2) is 170 Å². The summed E-state index contributed by atoms with van der Waals surface area (Å²) >= 11 is 0. The van der Waals surface area contributed by atoms with Gasteiger partial charge in [0.25, 0.3) is 0 Å². The van der Waals surface area contributed by atoms with Gasteiger partial charge in [-0.3, -0.25) is 0 Å². The summed E-state index contributed by atoms with van der Waals surface area (Å²) in [6.45, 7) is 0. The highest BCUT2D eigenvalue weighted by molar-refractivity contribution is 7.19. The minimum atomic E-state index is -2.80. The highest BCUT2D eigenvalue weighted by atomic mass is 28.3. The van der Waals surface area contributed by atoms with Crippen LogP contribution < -0.4 is 20.7 Å². The Balaban J connectivity index is 1.33. The quantitative estimate of drug-likeness (QED) is 0.138. The normalized spacial score (nSPS) is 11.1. The van der Waals surface area contributed by atoms with Gasteiger partial charge in [-0.25, -0.2) is 0 Å². The van der Waals surface area contributed by atoms with Crippen molar-refractivity contribution in [3.05, 3.63) is 187 Å². The molecule has 0 unspecified atom stereocenters. The lowest BCUT2D eigenvalue weighted by Crippen LogP contribution is -2.74. The molecule has 0 amide bonds. The van der Waals surface area contributed by atoms with Crippen molar-refractivity contribution >= 4 is 50.6 Å². The van der Waals surface area contributed by atoms with Gasteiger partial charge < -0.3 is 4.57 Å². The molecule has 0 atom stereocenters. The van der Waals surface area contributed by atoms with Gasteiger partial charge in [-0.1, -0.05) is 115 Å². The zero-order valence-corrected chi connectivity index (χ0v) is 28.0. The van der Waals surface area contributed by atoms with Crippen LogP contribution in [0.3, 0.4) is 0 Å². The number of nitrogens with zero attached hydrogens (tertiary/aromatic N) is 4. The van der Waals surface area contributed by atoms with Gasteiger partial charge in [0.1, 0.15) is 0 Å². The van der Waals surface area contributed by atoms with Crippen molar-refractivity contribution in [1.29, 1.82) is 15.8 Å². The first-order chi connectivity index (χ1) is 24.6. The molecule has 232 valence electrons. The maximum atomic E-state index is 10.7. The molecule has 50 heavy (non-hydrogen) atoms. The Kier molecular flexibility index (Phi) is 7.63. The van der Waals surface area contributed by atoms with Crippen LogP contribution in [0.25, 0.3) is 38.6 Å². The first-order valence-corrected chi connectivity index (χ1v) is 18.4. The second-order valence-electron chi connectivity index (χ2n) is 12.3. The molecule has 0 spiro atoms. The van der Waals surface area contributed by atoms with Gasteiger partial charge in [0.15, 0.2) is 8.07 Å². The van der Waals surface area contributed by atoms with Gasteiger partial charge in [-0.15, -0.1) is 0 Å². The van der Waals surface area contributed by atoms with E-state index < -0.39 is 8.07 Å². The Morgan fingerprint density at radius 2 is 0.940 bits per heavy atom. The molecule has 0 aliphatic carbocycles. The smallest absolute Gasteiger partial charge is 0.179 e. The van der Waals surface area contributed by atoms with Crippen LogP contribution in [0.2, 0.25) is 0 Å². The summed E-state index contributed by atoms with van der Waals surface area (Å²) < 4.78 is 2.16. The van der Waals surface area contributed by atoms with Crippen molar-refractivity contribution < 1.29 is 0 Å². The predicted molar refractivity (Wildman–Crippen MR) is 204 cm³/mol. The molecule has 0 saturated heterocycles. The Morgan fingerprint density at radius 3 is 1.42 bits per heavy atom. The van der Waals surface area contributed by atoms with Gasteiger partial charge in [0.2, 0.25) is 0 Å². The van der Waals surface area contributed by atoms with Gasteiger partial charge in [0, 0.05) is 16.5 Å². The summed E-state index contributed by atoms with van der Waals surface area (Å²) in [6, 6.07) is 65.1. The molecule has 1 aromatic heterocycles. The molecule has 7 aromatic carbocycles. The average Bonchev–Trinajstić information content (AvgIpc) is 3.52. The fourth-order valence-corrected chi connectivity index (χ4v) is 12.2. The average molecular weight is 653 g/mol. The number of nitriles is 3. The van der Waals surface area contributed by atoms with E-state index in [1.54, 1.807) is 0 Å². The maximum absolute atomic E-state index is 10.7. The molecule has 4 nitrogen and oxygen atoms in total. The van der Waals surface area contributed by atoms with Gasteiger partial charge in [-0.05, 0) is 86.5 Å². The molecule has 8 aromatic rings. The van der Waals surface area contributed by atoms with Crippen molar-refractivity contribution in [1.82, 2.24) is 4.57 Å². The van der Waals surface area contributed by atoms with E-state index in [-0.39, 0.29) is 0 Å². The van der Waals surface area contributed by atoms with E-state index in [0.717, 1.165) is 43.8 Å². The third kappa shape index (κ3) is 4.88. The Bertz CT molecular complexity index is 2510. The van der Waals surface area contributed by atoms with Crippen molar-refractivity contribution in [2.75, 3.05) is 0 Å². The SMILES string of the molecule is N#Cc1ccc2c(c1)c1cc(C#N)ccc1n2-c1cccc(-c2ccc([Si](c3ccccc3)(c3ccccc3)c3ccccc3)cc2C#N)c1. The van der Waals surface area contributed by atoms with Crippen LogP contribution in [-0.2, 0) is 0 Å². The zero-order valence-electron chi connectivity index (χ0n) is 27.0. The number of rotatable bonds is 6. The van der Waals surface area contributed by atoms with E-state index in [1.165, 1.54) is 15.6 Å². The van der Waals surface area contributed by atoms with Crippen molar-refractivity contribution in [2.24, 2.45) is 0 Å². The lowest BCUT2D eigenvalue weighted by Gasteiger charge is -2.34. The first-order valence-electron chi connectivity index (χ1n) is 16.4. The third-order valence-corrected chi connectivity index (χ3v) is 14.4. The number of fused-ring (bicyclic) bond motifs is 3. The summed E-state index contributed by atoms with van der Waals surface area (Å²) in [5.41, 5.74) is 6.31. The Labute approximate surface area is 291 Å². The van der Waals surface area contributed by atoms with Crippen molar-refractivity contribution in [3.63, 3.8) is 0 Å². The summed E-state index contributed by atoms with van der Waals surface area (Å²) in [4.78, 5) is 0. The van der Waals surface area contributed by atoms with Crippen LogP contribution >= 0.6 is 0 Å². The predicted octanol–water partition coefficient (Wildman–Crippen LogP) is 7.44. The largest absolute Gasteiger partial charge is 0.309 e. The van der Waals surface area contributed by atoms with E-state index in [4.69, 9.17) is 0 Å². The molecule has 0 aliphatic rings. The monoisotopic (exact) mass is 652 g/mol. The summed E-state index contributed by atoms with van der Waals surface area (Å²) in [7, 11) is -2.80. The standard InChI is InChI=1S/C45H28N4Si/c46-29-32-19-23-44-42(25-32)43-26-33(30-47)20-24-45(43)49(44)36-12-10-11-34(27-36)41-22-21-40(28-35(41)31-48)50(37-13-4-1-5-14-37,38-15-6-2-7-16-38)39-17-8-3-9-18-39/h1-28H. The van der Waals surface area contributed by atoms with Gasteiger partial charge in [-0.2, -0.15) is 15.8 Å². The number of benzene rings is 7. The summed E-state index contributed by atoms with van der Waals surface area (Å²) in [6.07, 6.45) is 0. The molecule has 0 radical (unpaired) electrons. The van der Waals surface area contributed by atoms with Gasteiger partial charge in [0.05, 0.1) is 45.9 Å². The van der Waals surface area contributed by atoms with Gasteiger partial charge >= 0.3 is 0 Å². The molecule has 0 fully saturated rings. The molecule has 0 bridgehead atoms. The molecule has 5 heteroatoms. The molecule has 1 heterocycles. The molecular weight excluding hydrogens is 625 g/mol. The number of hydrogen-bond donors (Lipinski definition) is 0. The maximum Gasteiger partial charge on any atom is 0.179 e. The molecule has 8 rings (SSSR count). The second-order valence-corrected chi connectivity index (χ2v) is 16.1. The van der Waals surface area contributed by atoms with Crippen LogP contribution in [0.4, 0.5) is 0 Å². The van der Waals surface area contributed by atoms with Crippen LogP contribution in [0.1, 0.15) is 16.7 Å². The lowest BCUT2D eigenvalue weighted by atomic mass is 10.00. The zero-order chi connectivity index (χ0) is 34.1. The molecule has 0 aliphatic heterocycles. The fourth-order valence-electron chi connectivity index (χ4n) is 7.44. The van der Waals surface area contributed by atoms with E-state index in [1.807, 2.05) is 48.5 Å². The third-order valence-electron chi connectivity index (χ3n) is 9.63. The highest BCUT2D eigenvalue weighted by Gasteiger charge is 2.41. The number of aromatic nitrogens is 1. The molecule has 0 saturated carbocycles. The van der Waals surface area contributed by atoms with Crippen LogP contribution in [0.5, 0.6) is 0 Å². The minimum Gasteiger partial charge on any atom is -0.309 e. The minimum absolute atomic E-state index is 0.563. The van der Waals surface area contributed by atoms with Crippen LogP contribution in [0, 0.1) is 34.0 Å². The van der Waals surface area contributed by atoms with E-state index in [0.29, 0.717) is 16.7 Å². The molecular formula is C45H28N4Si. The Hall–Kier alpha value is -6.97. The highest BCUT2D eigenvalue weighted by Crippen LogP contribution is 2.35. The van der Waals surface area contributed by atoms with Crippen molar-refractivity contribution in [2.45, 2.75) is 0 Å². The summed E-state index contributed by atoms with van der Waals surface area (Å²) in [5.74, 6) is 0. The van der Waals surface area contributed by atoms with E-state index >= 15 is 0 Å². The van der Waals surface area contributed by atoms with E-state index in [9.17, 15) is 15.8 Å². The number of hydrogen-bond acceptors (Lipinski definition) is 3. The lowest BCUT2D eigenvalue weighted by molar-refractivity contribution is 1.18. The first kappa shape index (κ1) is 30.4. The van der Waals surface area contributed by atoms with Crippen molar-refractivity contribution in [3.8, 4) is 35.0 Å². The van der Waals surface area contributed by atoms with E-state index in [2.05, 4.69) is 144 Å². The topological polar surface area (TPSA) is 76.3 Å². The summed E-state index contributed by atoms with van der Waals surface area (Å²) in [5, 5.41) is 36.7. The second kappa shape index (κ2) is 12.6. The molecule has 0 N–H and O–H groups in total. The Morgan fingerprint density at radius 1 is 0.420 bits per heavy atom. The van der Waals surface area contributed by atoms with Crippen LogP contribution in [-0.4, -0.2) is 12.6 Å².